The molecular formula is C19H14ClNO6. The van der Waals surface area contributed by atoms with E-state index < -0.39 is 16.5 Å². The lowest BCUT2D eigenvalue weighted by atomic mass is 10.1. The van der Waals surface area contributed by atoms with E-state index in [9.17, 15) is 19.7 Å². The molecule has 0 amide bonds. The minimum absolute atomic E-state index is 0.152. The smallest absolute Gasteiger partial charge is 0.345 e. The van der Waals surface area contributed by atoms with Gasteiger partial charge in [0.2, 0.25) is 0 Å². The molecule has 0 fully saturated rings. The van der Waals surface area contributed by atoms with Crippen molar-refractivity contribution in [2.75, 3.05) is 0 Å². The number of benzene rings is 2. The molecule has 0 saturated heterocycles. The zero-order chi connectivity index (χ0) is 19.7. The van der Waals surface area contributed by atoms with Gasteiger partial charge in [0.25, 0.3) is 5.69 Å². The van der Waals surface area contributed by atoms with Crippen LogP contribution in [0.3, 0.4) is 0 Å². The van der Waals surface area contributed by atoms with Crippen LogP contribution in [0.25, 0.3) is 11.0 Å². The van der Waals surface area contributed by atoms with Crippen LogP contribution in [0.4, 0.5) is 5.69 Å². The highest BCUT2D eigenvalue weighted by atomic mass is 35.5. The molecule has 27 heavy (non-hydrogen) atoms. The van der Waals surface area contributed by atoms with Crippen molar-refractivity contribution < 1.29 is 18.9 Å². The van der Waals surface area contributed by atoms with Crippen molar-refractivity contribution in [2.24, 2.45) is 0 Å². The Bertz CT molecular complexity index is 1130. The van der Waals surface area contributed by atoms with Crippen LogP contribution in [0, 0.1) is 24.0 Å². The number of nitrogens with zero attached hydrogens (tertiary/aromatic N) is 1. The minimum Gasteiger partial charge on any atom is -0.457 e. The summed E-state index contributed by atoms with van der Waals surface area (Å²) >= 11 is 6.13. The molecule has 0 saturated carbocycles. The summed E-state index contributed by atoms with van der Waals surface area (Å²) in [6.45, 7) is 3.05. The quantitative estimate of drug-likeness (QED) is 0.286. The highest BCUT2D eigenvalue weighted by Crippen LogP contribution is 2.27. The highest BCUT2D eigenvalue weighted by Gasteiger charge is 2.24. The largest absolute Gasteiger partial charge is 0.457 e. The fraction of sp³-hybridized carbons (Fsp3) is 0.158. The number of hydrogen-bond acceptors (Lipinski definition) is 6. The average molecular weight is 388 g/mol. The van der Waals surface area contributed by atoms with Gasteiger partial charge in [-0.3, -0.25) is 10.1 Å². The number of rotatable bonds is 4. The molecule has 0 N–H and O–H groups in total. The van der Waals surface area contributed by atoms with E-state index in [1.54, 1.807) is 19.1 Å². The molecule has 0 unspecified atom stereocenters. The molecule has 8 heteroatoms. The molecule has 1 heterocycles. The Morgan fingerprint density at radius 3 is 2.67 bits per heavy atom. The zero-order valence-corrected chi connectivity index (χ0v) is 15.2. The van der Waals surface area contributed by atoms with Gasteiger partial charge in [-0.1, -0.05) is 23.7 Å². The van der Waals surface area contributed by atoms with Crippen molar-refractivity contribution in [3.05, 3.63) is 84.2 Å². The minimum atomic E-state index is -0.856. The summed E-state index contributed by atoms with van der Waals surface area (Å²) in [4.78, 5) is 34.8. The van der Waals surface area contributed by atoms with E-state index in [4.69, 9.17) is 20.8 Å². The number of halogens is 1. The third kappa shape index (κ3) is 3.68. The van der Waals surface area contributed by atoms with E-state index in [1.807, 2.05) is 0 Å². The highest BCUT2D eigenvalue weighted by molar-refractivity contribution is 6.32. The van der Waals surface area contributed by atoms with Crippen LogP contribution in [0.1, 0.15) is 27.0 Å². The Labute approximate surface area is 158 Å². The molecule has 7 nitrogen and oxygen atoms in total. The number of hydrogen-bond donors (Lipinski definition) is 0. The van der Waals surface area contributed by atoms with Gasteiger partial charge in [-0.2, -0.15) is 0 Å². The van der Waals surface area contributed by atoms with E-state index in [0.717, 1.165) is 5.56 Å². The number of nitro groups is 1. The molecule has 3 aromatic rings. The predicted octanol–water partition coefficient (Wildman–Crippen LogP) is 4.33. The summed E-state index contributed by atoms with van der Waals surface area (Å²) in [5.74, 6) is -0.856. The number of carbonyl (C=O) groups is 1. The molecular weight excluding hydrogens is 374 g/mol. The summed E-state index contributed by atoms with van der Waals surface area (Å²) in [5, 5.41) is 12.2. The Kier molecular flexibility index (Phi) is 4.96. The predicted molar refractivity (Wildman–Crippen MR) is 99.2 cm³/mol. The van der Waals surface area contributed by atoms with E-state index in [1.165, 1.54) is 31.2 Å². The van der Waals surface area contributed by atoms with Crippen LogP contribution in [0.5, 0.6) is 0 Å². The van der Waals surface area contributed by atoms with Crippen molar-refractivity contribution >= 4 is 34.2 Å². The molecule has 0 spiro atoms. The normalized spacial score (nSPS) is 10.8. The molecule has 0 bridgehead atoms. The van der Waals surface area contributed by atoms with Gasteiger partial charge in [-0.25, -0.2) is 9.59 Å². The summed E-state index contributed by atoms with van der Waals surface area (Å²) in [6, 6.07) is 8.84. The first-order valence-electron chi connectivity index (χ1n) is 7.92. The van der Waals surface area contributed by atoms with Crippen molar-refractivity contribution in [2.45, 2.75) is 20.5 Å². The maximum Gasteiger partial charge on any atom is 0.345 e. The molecule has 3 rings (SSSR count). The number of esters is 1. The Morgan fingerprint density at radius 1 is 1.22 bits per heavy atom. The first kappa shape index (κ1) is 18.6. The van der Waals surface area contributed by atoms with E-state index in [0.29, 0.717) is 27.1 Å². The third-order valence-corrected chi connectivity index (χ3v) is 4.52. The van der Waals surface area contributed by atoms with Crippen molar-refractivity contribution in [1.29, 1.82) is 0 Å². The zero-order valence-electron chi connectivity index (χ0n) is 14.4. The van der Waals surface area contributed by atoms with Crippen LogP contribution in [0.2, 0.25) is 5.02 Å². The lowest BCUT2D eigenvalue weighted by Crippen LogP contribution is -2.10. The number of fused-ring (bicyclic) bond motifs is 1. The Balaban J connectivity index is 1.95. The molecule has 1 aromatic heterocycles. The maximum atomic E-state index is 12.4. The second-order valence-corrected chi connectivity index (χ2v) is 6.40. The maximum absolute atomic E-state index is 12.4. The van der Waals surface area contributed by atoms with Crippen LogP contribution in [0.15, 0.2) is 45.6 Å². The fourth-order valence-electron chi connectivity index (χ4n) is 2.75. The van der Waals surface area contributed by atoms with Gasteiger partial charge in [0.15, 0.2) is 0 Å². The molecule has 2 aromatic carbocycles. The van der Waals surface area contributed by atoms with Gasteiger partial charge in [0.05, 0.1) is 4.92 Å². The molecule has 0 aliphatic carbocycles. The van der Waals surface area contributed by atoms with Gasteiger partial charge in [0.1, 0.15) is 17.8 Å². The summed E-state index contributed by atoms with van der Waals surface area (Å²) in [7, 11) is 0. The molecule has 0 atom stereocenters. The first-order valence-corrected chi connectivity index (χ1v) is 8.29. The monoisotopic (exact) mass is 387 g/mol. The summed E-state index contributed by atoms with van der Waals surface area (Å²) in [6.07, 6.45) is 0. The van der Waals surface area contributed by atoms with Crippen molar-refractivity contribution in [3.63, 3.8) is 0 Å². The summed E-state index contributed by atoms with van der Waals surface area (Å²) in [5.41, 5.74) is 0.736. The molecule has 0 aliphatic heterocycles. The van der Waals surface area contributed by atoms with Crippen LogP contribution < -0.4 is 5.63 Å². The first-order chi connectivity index (χ1) is 12.8. The lowest BCUT2D eigenvalue weighted by molar-refractivity contribution is -0.385. The number of carbonyl (C=O) groups excluding carboxylic acids is 1. The summed E-state index contributed by atoms with van der Waals surface area (Å²) < 4.78 is 10.4. The third-order valence-electron chi connectivity index (χ3n) is 4.11. The molecule has 0 radical (unpaired) electrons. The van der Waals surface area contributed by atoms with E-state index >= 15 is 0 Å². The topological polar surface area (TPSA) is 99.7 Å². The van der Waals surface area contributed by atoms with Gasteiger partial charge in [0, 0.05) is 27.6 Å². The van der Waals surface area contributed by atoms with Gasteiger partial charge in [-0.05, 0) is 37.6 Å². The Morgan fingerprint density at radius 2 is 1.96 bits per heavy atom. The van der Waals surface area contributed by atoms with Gasteiger partial charge >= 0.3 is 11.6 Å². The SMILES string of the molecule is Cc1cc2oc(=O)cc(COC(=O)c3cccc(C)c3[N+](=O)[O-])c2cc1Cl. The number of nitro benzene ring substituents is 1. The number of para-hydroxylation sites is 1. The van der Waals surface area contributed by atoms with Crippen LogP contribution in [-0.2, 0) is 11.3 Å². The number of aryl methyl sites for hydroxylation is 2. The van der Waals surface area contributed by atoms with E-state index in [2.05, 4.69) is 0 Å². The molecule has 0 aliphatic rings. The van der Waals surface area contributed by atoms with Crippen LogP contribution in [-0.4, -0.2) is 10.9 Å². The second-order valence-electron chi connectivity index (χ2n) is 5.99. The van der Waals surface area contributed by atoms with Gasteiger partial charge in [-0.15, -0.1) is 0 Å². The van der Waals surface area contributed by atoms with Gasteiger partial charge < -0.3 is 9.15 Å². The fourth-order valence-corrected chi connectivity index (χ4v) is 2.92. The lowest BCUT2D eigenvalue weighted by Gasteiger charge is -2.09. The number of ether oxygens (including phenoxy) is 1. The standard InChI is InChI=1S/C19H14ClNO6/c1-10-4-3-5-13(18(10)21(24)25)19(23)26-9-12-7-17(22)27-16-6-11(2)15(20)8-14(12)16/h3-8H,9H2,1-2H3. The van der Waals surface area contributed by atoms with Crippen molar-refractivity contribution in [3.8, 4) is 0 Å². The average Bonchev–Trinajstić information content (AvgIpc) is 2.60. The Hall–Kier alpha value is -3.19. The molecule has 138 valence electrons. The van der Waals surface area contributed by atoms with E-state index in [-0.39, 0.29) is 17.9 Å². The van der Waals surface area contributed by atoms with Crippen LogP contribution >= 0.6 is 11.6 Å². The second kappa shape index (κ2) is 7.20. The van der Waals surface area contributed by atoms with Crippen molar-refractivity contribution in [1.82, 2.24) is 0 Å².